The van der Waals surface area contributed by atoms with E-state index < -0.39 is 10.0 Å². The summed E-state index contributed by atoms with van der Waals surface area (Å²) in [7, 11) is -2.08. The van der Waals surface area contributed by atoms with Crippen molar-refractivity contribution < 1.29 is 17.9 Å². The van der Waals surface area contributed by atoms with Crippen LogP contribution in [0.5, 0.6) is 0 Å². The summed E-state index contributed by atoms with van der Waals surface area (Å²) < 4.78 is 33.1. The average molecular weight is 409 g/mol. The molecule has 1 aliphatic heterocycles. The quantitative estimate of drug-likeness (QED) is 0.678. The van der Waals surface area contributed by atoms with Crippen LogP contribution < -0.4 is 10.0 Å². The molecule has 0 spiro atoms. The fourth-order valence-corrected chi connectivity index (χ4v) is 5.66. The standard InChI is InChI=1S/C21H32N2O4S/c1-27-21(24)11-4-16-2-7-19(8-3-16)23-28(25,26)20-9-5-17(6-10-20)18-12-14-22-15-13-18/h5-6,9-10,16,18-19,22-23H,2-4,7-8,11-15H2,1H3. The summed E-state index contributed by atoms with van der Waals surface area (Å²) in [6, 6.07) is 7.38. The Morgan fingerprint density at radius 1 is 1.07 bits per heavy atom. The summed E-state index contributed by atoms with van der Waals surface area (Å²) >= 11 is 0. The first-order chi connectivity index (χ1) is 13.5. The third-order valence-corrected chi connectivity index (χ3v) is 7.69. The first-order valence-corrected chi connectivity index (χ1v) is 11.9. The van der Waals surface area contributed by atoms with E-state index in [4.69, 9.17) is 4.74 Å². The van der Waals surface area contributed by atoms with E-state index in [9.17, 15) is 13.2 Å². The second-order valence-corrected chi connectivity index (χ2v) is 9.76. The topological polar surface area (TPSA) is 84.5 Å². The Morgan fingerprint density at radius 3 is 2.32 bits per heavy atom. The summed E-state index contributed by atoms with van der Waals surface area (Å²) in [6.07, 6.45) is 6.99. The van der Waals surface area contributed by atoms with Crippen LogP contribution in [-0.4, -0.2) is 40.6 Å². The van der Waals surface area contributed by atoms with Crippen molar-refractivity contribution in [2.45, 2.75) is 68.2 Å². The molecule has 1 saturated carbocycles. The number of hydrogen-bond donors (Lipinski definition) is 2. The van der Waals surface area contributed by atoms with Gasteiger partial charge in [-0.1, -0.05) is 12.1 Å². The van der Waals surface area contributed by atoms with Crippen LogP contribution in [0.2, 0.25) is 0 Å². The van der Waals surface area contributed by atoms with Crippen molar-refractivity contribution >= 4 is 16.0 Å². The number of carbonyl (C=O) groups excluding carboxylic acids is 1. The predicted molar refractivity (Wildman–Crippen MR) is 109 cm³/mol. The van der Waals surface area contributed by atoms with Crippen LogP contribution in [0.3, 0.4) is 0 Å². The number of nitrogens with one attached hydrogen (secondary N) is 2. The lowest BCUT2D eigenvalue weighted by molar-refractivity contribution is -0.141. The summed E-state index contributed by atoms with van der Waals surface area (Å²) in [5, 5.41) is 3.36. The van der Waals surface area contributed by atoms with Gasteiger partial charge in [-0.15, -0.1) is 0 Å². The molecule has 156 valence electrons. The van der Waals surface area contributed by atoms with Crippen LogP contribution in [0.4, 0.5) is 0 Å². The van der Waals surface area contributed by atoms with Gasteiger partial charge in [0.05, 0.1) is 12.0 Å². The molecule has 2 N–H and O–H groups in total. The zero-order chi connectivity index (χ0) is 20.0. The fraction of sp³-hybridized carbons (Fsp3) is 0.667. The molecule has 1 heterocycles. The van der Waals surface area contributed by atoms with E-state index in [1.54, 1.807) is 12.1 Å². The number of sulfonamides is 1. The molecule has 1 aliphatic carbocycles. The van der Waals surface area contributed by atoms with Crippen molar-refractivity contribution in [2.75, 3.05) is 20.2 Å². The molecule has 0 atom stereocenters. The maximum atomic E-state index is 12.7. The van der Waals surface area contributed by atoms with Crippen molar-refractivity contribution in [3.05, 3.63) is 29.8 Å². The number of rotatable bonds is 7. The van der Waals surface area contributed by atoms with Crippen molar-refractivity contribution in [2.24, 2.45) is 5.92 Å². The number of benzene rings is 1. The van der Waals surface area contributed by atoms with Crippen LogP contribution in [0, 0.1) is 5.92 Å². The molecule has 1 aromatic carbocycles. The van der Waals surface area contributed by atoms with E-state index in [-0.39, 0.29) is 12.0 Å². The number of piperidine rings is 1. The highest BCUT2D eigenvalue weighted by Gasteiger charge is 2.26. The molecule has 1 saturated heterocycles. The molecule has 3 rings (SSSR count). The van der Waals surface area contributed by atoms with Gasteiger partial charge >= 0.3 is 5.97 Å². The van der Waals surface area contributed by atoms with Crippen molar-refractivity contribution in [1.82, 2.24) is 10.0 Å². The molecular weight excluding hydrogens is 376 g/mol. The first kappa shape index (κ1) is 21.3. The highest BCUT2D eigenvalue weighted by Crippen LogP contribution is 2.29. The Balaban J connectivity index is 1.50. The Hall–Kier alpha value is -1.44. The van der Waals surface area contributed by atoms with E-state index in [0.717, 1.165) is 58.0 Å². The molecule has 6 nitrogen and oxygen atoms in total. The highest BCUT2D eigenvalue weighted by molar-refractivity contribution is 7.89. The molecule has 0 aromatic heterocycles. The van der Waals surface area contributed by atoms with Crippen LogP contribution >= 0.6 is 0 Å². The average Bonchev–Trinajstić information content (AvgIpc) is 2.73. The van der Waals surface area contributed by atoms with Crippen LogP contribution in [0.1, 0.15) is 62.8 Å². The molecule has 7 heteroatoms. The minimum Gasteiger partial charge on any atom is -0.469 e. The van der Waals surface area contributed by atoms with Gasteiger partial charge in [-0.2, -0.15) is 0 Å². The largest absolute Gasteiger partial charge is 0.469 e. The zero-order valence-electron chi connectivity index (χ0n) is 16.7. The van der Waals surface area contributed by atoms with Crippen molar-refractivity contribution in [3.63, 3.8) is 0 Å². The fourth-order valence-electron chi connectivity index (χ4n) is 4.35. The molecule has 2 fully saturated rings. The third-order valence-electron chi connectivity index (χ3n) is 6.15. The van der Waals surface area contributed by atoms with Gasteiger partial charge in [0, 0.05) is 12.5 Å². The second kappa shape index (κ2) is 9.85. The van der Waals surface area contributed by atoms with Gasteiger partial charge in [0.1, 0.15) is 0 Å². The SMILES string of the molecule is COC(=O)CCC1CCC(NS(=O)(=O)c2ccc(C3CCNCC3)cc2)CC1. The lowest BCUT2D eigenvalue weighted by Crippen LogP contribution is -2.37. The van der Waals surface area contributed by atoms with Gasteiger partial charge in [0.25, 0.3) is 0 Å². The lowest BCUT2D eigenvalue weighted by Gasteiger charge is -2.28. The number of methoxy groups -OCH3 is 1. The number of carbonyl (C=O) groups is 1. The summed E-state index contributed by atoms with van der Waals surface area (Å²) in [5.74, 6) is 0.825. The zero-order valence-corrected chi connectivity index (χ0v) is 17.5. The number of ether oxygens (including phenoxy) is 1. The molecule has 2 aliphatic rings. The van der Waals surface area contributed by atoms with E-state index in [0.29, 0.717) is 23.2 Å². The van der Waals surface area contributed by atoms with E-state index in [1.807, 2.05) is 12.1 Å². The van der Waals surface area contributed by atoms with Crippen LogP contribution in [-0.2, 0) is 19.6 Å². The minimum absolute atomic E-state index is 0.0246. The van der Waals surface area contributed by atoms with E-state index in [2.05, 4.69) is 10.0 Å². The molecule has 0 amide bonds. The Labute approximate surface area is 168 Å². The maximum Gasteiger partial charge on any atom is 0.305 e. The van der Waals surface area contributed by atoms with Gasteiger partial charge in [-0.25, -0.2) is 13.1 Å². The third kappa shape index (κ3) is 5.78. The van der Waals surface area contributed by atoms with E-state index >= 15 is 0 Å². The van der Waals surface area contributed by atoms with Gasteiger partial charge in [0.15, 0.2) is 0 Å². The monoisotopic (exact) mass is 408 g/mol. The molecule has 1 aromatic rings. The molecular formula is C21H32N2O4S. The Morgan fingerprint density at radius 2 is 1.71 bits per heavy atom. The lowest BCUT2D eigenvalue weighted by atomic mass is 9.84. The summed E-state index contributed by atoms with van der Waals surface area (Å²) in [6.45, 7) is 2.04. The predicted octanol–water partition coefficient (Wildman–Crippen LogP) is 2.94. The van der Waals surface area contributed by atoms with Crippen LogP contribution in [0.15, 0.2) is 29.2 Å². The van der Waals surface area contributed by atoms with Gasteiger partial charge in [-0.05, 0) is 87.6 Å². The van der Waals surface area contributed by atoms with Crippen molar-refractivity contribution in [1.29, 1.82) is 0 Å². The molecule has 0 radical (unpaired) electrons. The highest BCUT2D eigenvalue weighted by atomic mass is 32.2. The first-order valence-electron chi connectivity index (χ1n) is 10.4. The Bertz CT molecular complexity index is 734. The minimum atomic E-state index is -3.49. The smallest absolute Gasteiger partial charge is 0.305 e. The van der Waals surface area contributed by atoms with Gasteiger partial charge in [-0.3, -0.25) is 4.79 Å². The molecule has 0 unspecified atom stereocenters. The number of hydrogen-bond acceptors (Lipinski definition) is 5. The Kier molecular flexibility index (Phi) is 7.48. The van der Waals surface area contributed by atoms with Crippen LogP contribution in [0.25, 0.3) is 0 Å². The maximum absolute atomic E-state index is 12.7. The number of esters is 1. The second-order valence-electron chi connectivity index (χ2n) is 8.05. The summed E-state index contributed by atoms with van der Waals surface area (Å²) in [5.41, 5.74) is 1.23. The molecule has 28 heavy (non-hydrogen) atoms. The summed E-state index contributed by atoms with van der Waals surface area (Å²) in [4.78, 5) is 11.6. The van der Waals surface area contributed by atoms with E-state index in [1.165, 1.54) is 12.7 Å². The molecule has 0 bridgehead atoms. The van der Waals surface area contributed by atoms with Crippen molar-refractivity contribution in [3.8, 4) is 0 Å². The van der Waals surface area contributed by atoms with Gasteiger partial charge < -0.3 is 10.1 Å². The normalized spacial score (nSPS) is 24.0. The van der Waals surface area contributed by atoms with Gasteiger partial charge in [0.2, 0.25) is 10.0 Å².